The Morgan fingerprint density at radius 3 is 2.73 bits per heavy atom. The molecule has 11 heavy (non-hydrogen) atoms. The van der Waals surface area contributed by atoms with E-state index in [4.69, 9.17) is 5.11 Å². The number of allylic oxidation sites excluding steroid dienone is 1. The fourth-order valence-electron chi connectivity index (χ4n) is 0.760. The normalized spacial score (nSPS) is 11.5. The van der Waals surface area contributed by atoms with Crippen LogP contribution in [0.5, 0.6) is 0 Å². The molecule has 0 aromatic heterocycles. The van der Waals surface area contributed by atoms with Crippen molar-refractivity contribution in [2.45, 2.75) is 20.3 Å². The summed E-state index contributed by atoms with van der Waals surface area (Å²) in [6.45, 7) is 7.82. The molecule has 1 unspecified atom stereocenters. The van der Waals surface area contributed by atoms with Gasteiger partial charge in [0, 0.05) is 12.5 Å². The first kappa shape index (κ1) is 10.2. The summed E-state index contributed by atoms with van der Waals surface area (Å²) in [6.07, 6.45) is 4.61. The van der Waals surface area contributed by atoms with Gasteiger partial charge in [0.25, 0.3) is 0 Å². The van der Waals surface area contributed by atoms with E-state index in [0.29, 0.717) is 0 Å². The number of hydrogen-bond donors (Lipinski definition) is 1. The van der Waals surface area contributed by atoms with E-state index in [1.165, 1.54) is 0 Å². The predicted molar refractivity (Wildman–Crippen MR) is 48.3 cm³/mol. The van der Waals surface area contributed by atoms with Crippen molar-refractivity contribution in [2.24, 2.45) is 5.92 Å². The highest BCUT2D eigenvalue weighted by atomic mass is 16.3. The monoisotopic (exact) mass is 152 g/mol. The van der Waals surface area contributed by atoms with Gasteiger partial charge in [0.15, 0.2) is 0 Å². The van der Waals surface area contributed by atoms with Gasteiger partial charge in [0.2, 0.25) is 0 Å². The molecule has 0 fully saturated rings. The van der Waals surface area contributed by atoms with Gasteiger partial charge in [-0.25, -0.2) is 0 Å². The molecule has 0 aliphatic carbocycles. The summed E-state index contributed by atoms with van der Waals surface area (Å²) in [5, 5.41) is 8.88. The Balaban J connectivity index is 3.89. The van der Waals surface area contributed by atoms with Gasteiger partial charge in [-0.3, -0.25) is 0 Å². The van der Waals surface area contributed by atoms with E-state index in [2.05, 4.69) is 12.3 Å². The molecular weight excluding hydrogens is 136 g/mol. The van der Waals surface area contributed by atoms with E-state index in [1.807, 2.05) is 26.0 Å². The smallest absolute Gasteiger partial charge is 0.0499 e. The summed E-state index contributed by atoms with van der Waals surface area (Å²) in [4.78, 5) is 0. The van der Waals surface area contributed by atoms with Gasteiger partial charge in [0.1, 0.15) is 0 Å². The summed E-state index contributed by atoms with van der Waals surface area (Å²) >= 11 is 0. The Morgan fingerprint density at radius 2 is 2.36 bits per heavy atom. The highest BCUT2D eigenvalue weighted by Crippen LogP contribution is 2.11. The van der Waals surface area contributed by atoms with Crippen molar-refractivity contribution in [1.29, 1.82) is 0 Å². The van der Waals surface area contributed by atoms with E-state index in [0.717, 1.165) is 12.0 Å². The summed E-state index contributed by atoms with van der Waals surface area (Å²) in [6, 6.07) is 0. The van der Waals surface area contributed by atoms with Crippen LogP contribution in [0.4, 0.5) is 0 Å². The first-order chi connectivity index (χ1) is 5.22. The van der Waals surface area contributed by atoms with E-state index in [9.17, 15) is 0 Å². The SMILES string of the molecule is C=C(C)C(CO)CC=C=CC. The van der Waals surface area contributed by atoms with Crippen LogP contribution in [0.1, 0.15) is 20.3 Å². The van der Waals surface area contributed by atoms with E-state index in [-0.39, 0.29) is 12.5 Å². The number of aliphatic hydroxyl groups excluding tert-OH is 1. The maximum atomic E-state index is 8.88. The molecule has 1 atom stereocenters. The Bertz CT molecular complexity index is 173. The zero-order valence-electron chi connectivity index (χ0n) is 7.30. The van der Waals surface area contributed by atoms with Crippen LogP contribution in [0.3, 0.4) is 0 Å². The van der Waals surface area contributed by atoms with Crippen molar-refractivity contribution in [3.8, 4) is 0 Å². The van der Waals surface area contributed by atoms with Crippen LogP contribution in [0.25, 0.3) is 0 Å². The third-order valence-corrected chi connectivity index (χ3v) is 1.60. The van der Waals surface area contributed by atoms with E-state index < -0.39 is 0 Å². The lowest BCUT2D eigenvalue weighted by atomic mass is 9.99. The molecule has 0 radical (unpaired) electrons. The Morgan fingerprint density at radius 1 is 1.73 bits per heavy atom. The van der Waals surface area contributed by atoms with Crippen LogP contribution in [-0.2, 0) is 0 Å². The molecule has 1 nitrogen and oxygen atoms in total. The van der Waals surface area contributed by atoms with Gasteiger partial charge in [-0.1, -0.05) is 12.2 Å². The minimum atomic E-state index is 0.178. The second kappa shape index (κ2) is 5.96. The van der Waals surface area contributed by atoms with E-state index >= 15 is 0 Å². The molecule has 1 N–H and O–H groups in total. The minimum Gasteiger partial charge on any atom is -0.396 e. The van der Waals surface area contributed by atoms with Crippen LogP contribution in [-0.4, -0.2) is 11.7 Å². The Hall–Kier alpha value is -0.780. The van der Waals surface area contributed by atoms with Crippen LogP contribution in [0.15, 0.2) is 30.0 Å². The first-order valence-electron chi connectivity index (χ1n) is 3.84. The molecule has 0 amide bonds. The predicted octanol–water partition coefficient (Wildman–Crippen LogP) is 2.29. The lowest BCUT2D eigenvalue weighted by Crippen LogP contribution is -2.04. The average Bonchev–Trinajstić information content (AvgIpc) is 1.97. The van der Waals surface area contributed by atoms with Crippen molar-refractivity contribution in [3.63, 3.8) is 0 Å². The molecule has 0 rings (SSSR count). The zero-order chi connectivity index (χ0) is 8.69. The van der Waals surface area contributed by atoms with Crippen LogP contribution >= 0.6 is 0 Å². The number of hydrogen-bond acceptors (Lipinski definition) is 1. The van der Waals surface area contributed by atoms with Gasteiger partial charge in [-0.15, -0.1) is 5.73 Å². The molecule has 0 spiro atoms. The van der Waals surface area contributed by atoms with Crippen molar-refractivity contribution < 1.29 is 5.11 Å². The van der Waals surface area contributed by atoms with Gasteiger partial charge < -0.3 is 5.11 Å². The standard InChI is InChI=1S/C10H16O/c1-4-5-6-7-10(8-11)9(2)3/h4,6,10-11H,2,7-8H2,1,3H3. The van der Waals surface area contributed by atoms with Crippen molar-refractivity contribution >= 4 is 0 Å². The minimum absolute atomic E-state index is 0.178. The largest absolute Gasteiger partial charge is 0.396 e. The highest BCUT2D eigenvalue weighted by Gasteiger charge is 2.04. The summed E-state index contributed by atoms with van der Waals surface area (Å²) in [5.74, 6) is 0.197. The Kier molecular flexibility index (Phi) is 5.54. The molecule has 0 heterocycles. The third kappa shape index (κ3) is 4.60. The highest BCUT2D eigenvalue weighted by molar-refractivity contribution is 4.99. The Labute approximate surface area is 68.7 Å². The van der Waals surface area contributed by atoms with E-state index in [1.54, 1.807) is 0 Å². The molecule has 0 saturated carbocycles. The van der Waals surface area contributed by atoms with Crippen LogP contribution in [0, 0.1) is 5.92 Å². The molecule has 62 valence electrons. The molecule has 0 bridgehead atoms. The average molecular weight is 152 g/mol. The topological polar surface area (TPSA) is 20.2 Å². The molecular formula is C10H16O. The molecule has 0 aliphatic heterocycles. The van der Waals surface area contributed by atoms with Gasteiger partial charge in [-0.05, 0) is 32.4 Å². The molecule has 0 aliphatic rings. The molecule has 0 saturated heterocycles. The van der Waals surface area contributed by atoms with Gasteiger partial charge in [0.05, 0.1) is 0 Å². The number of rotatable bonds is 4. The number of aliphatic hydroxyl groups is 1. The van der Waals surface area contributed by atoms with Gasteiger partial charge in [-0.2, -0.15) is 0 Å². The lowest BCUT2D eigenvalue weighted by Gasteiger charge is -2.09. The van der Waals surface area contributed by atoms with Crippen molar-refractivity contribution in [1.82, 2.24) is 0 Å². The first-order valence-corrected chi connectivity index (χ1v) is 3.84. The molecule has 1 heteroatoms. The quantitative estimate of drug-likeness (QED) is 0.484. The van der Waals surface area contributed by atoms with Crippen LogP contribution < -0.4 is 0 Å². The zero-order valence-corrected chi connectivity index (χ0v) is 7.30. The third-order valence-electron chi connectivity index (χ3n) is 1.60. The lowest BCUT2D eigenvalue weighted by molar-refractivity contribution is 0.247. The molecule has 0 aromatic rings. The second-order valence-corrected chi connectivity index (χ2v) is 2.62. The van der Waals surface area contributed by atoms with Gasteiger partial charge >= 0.3 is 0 Å². The summed E-state index contributed by atoms with van der Waals surface area (Å²) < 4.78 is 0. The summed E-state index contributed by atoms with van der Waals surface area (Å²) in [7, 11) is 0. The van der Waals surface area contributed by atoms with Crippen molar-refractivity contribution in [2.75, 3.05) is 6.61 Å². The fourth-order valence-corrected chi connectivity index (χ4v) is 0.760. The van der Waals surface area contributed by atoms with Crippen LogP contribution in [0.2, 0.25) is 0 Å². The second-order valence-electron chi connectivity index (χ2n) is 2.62. The summed E-state index contributed by atoms with van der Waals surface area (Å²) in [5.41, 5.74) is 4.00. The maximum absolute atomic E-state index is 8.88. The van der Waals surface area contributed by atoms with Crippen molar-refractivity contribution in [3.05, 3.63) is 30.0 Å². The fraction of sp³-hybridized carbons (Fsp3) is 0.500. The maximum Gasteiger partial charge on any atom is 0.0499 e. The molecule has 0 aromatic carbocycles.